The molecule has 0 unspecified atom stereocenters. The number of esters is 1. The van der Waals surface area contributed by atoms with Crippen LogP contribution in [0, 0.1) is 16.0 Å². The van der Waals surface area contributed by atoms with Crippen molar-refractivity contribution in [3.8, 4) is 0 Å². The number of nitro groups is 1. The van der Waals surface area contributed by atoms with Crippen LogP contribution in [-0.4, -0.2) is 60.6 Å². The molecule has 0 spiro atoms. The van der Waals surface area contributed by atoms with Crippen molar-refractivity contribution in [1.82, 2.24) is 9.88 Å². The van der Waals surface area contributed by atoms with E-state index < -0.39 is 10.9 Å². The highest BCUT2D eigenvalue weighted by atomic mass is 16.6. The van der Waals surface area contributed by atoms with Gasteiger partial charge < -0.3 is 9.64 Å². The molecule has 0 aromatic carbocycles. The standard InChI is InChI=1S/C15H20N4O4/c1-23-15(20)12-8-13(19(21)22)14(16-9-12)18-6-4-17(5-7-18)10-11-2-3-11/h8-9,11H,2-7,10H2,1H3. The van der Waals surface area contributed by atoms with Gasteiger partial charge >= 0.3 is 11.7 Å². The predicted molar refractivity (Wildman–Crippen MR) is 83.6 cm³/mol. The summed E-state index contributed by atoms with van der Waals surface area (Å²) in [6.45, 7) is 4.31. The number of aromatic nitrogens is 1. The van der Waals surface area contributed by atoms with Crippen LogP contribution < -0.4 is 4.90 Å². The Morgan fingerprint density at radius 1 is 1.39 bits per heavy atom. The number of anilines is 1. The molecule has 124 valence electrons. The van der Waals surface area contributed by atoms with E-state index in [2.05, 4.69) is 14.6 Å². The SMILES string of the molecule is COC(=O)c1cnc(N2CCN(CC3CC3)CC2)c([N+](=O)[O-])c1. The van der Waals surface area contributed by atoms with Gasteiger partial charge in [0.15, 0.2) is 0 Å². The average molecular weight is 320 g/mol. The van der Waals surface area contributed by atoms with Crippen LogP contribution in [0.1, 0.15) is 23.2 Å². The molecule has 0 atom stereocenters. The van der Waals surface area contributed by atoms with Gasteiger partial charge in [0.1, 0.15) is 0 Å². The number of methoxy groups -OCH3 is 1. The van der Waals surface area contributed by atoms with Gasteiger partial charge in [-0.25, -0.2) is 9.78 Å². The molecule has 1 aromatic rings. The fraction of sp³-hybridized carbons (Fsp3) is 0.600. The van der Waals surface area contributed by atoms with Crippen LogP contribution in [0.15, 0.2) is 12.3 Å². The van der Waals surface area contributed by atoms with Crippen molar-refractivity contribution in [2.45, 2.75) is 12.8 Å². The van der Waals surface area contributed by atoms with Gasteiger partial charge in [-0.1, -0.05) is 0 Å². The van der Waals surface area contributed by atoms with Gasteiger partial charge in [0.05, 0.1) is 17.6 Å². The first kappa shape index (κ1) is 15.7. The Hall–Kier alpha value is -2.22. The molecule has 0 N–H and O–H groups in total. The smallest absolute Gasteiger partial charge is 0.339 e. The summed E-state index contributed by atoms with van der Waals surface area (Å²) in [5.41, 5.74) is -0.0566. The van der Waals surface area contributed by atoms with Gasteiger partial charge in [-0.15, -0.1) is 0 Å². The molecule has 2 aliphatic rings. The lowest BCUT2D eigenvalue weighted by atomic mass is 10.2. The van der Waals surface area contributed by atoms with Crippen molar-refractivity contribution in [3.63, 3.8) is 0 Å². The van der Waals surface area contributed by atoms with Crippen molar-refractivity contribution in [3.05, 3.63) is 27.9 Å². The summed E-state index contributed by atoms with van der Waals surface area (Å²) in [5, 5.41) is 11.3. The van der Waals surface area contributed by atoms with Gasteiger partial charge in [-0.3, -0.25) is 15.0 Å². The Bertz CT molecular complexity index is 609. The van der Waals surface area contributed by atoms with Crippen LogP contribution in [0.25, 0.3) is 0 Å². The molecule has 2 heterocycles. The minimum absolute atomic E-state index is 0.0929. The summed E-state index contributed by atoms with van der Waals surface area (Å²) in [6.07, 6.45) is 3.98. The van der Waals surface area contributed by atoms with E-state index in [1.807, 2.05) is 4.90 Å². The summed E-state index contributed by atoms with van der Waals surface area (Å²) >= 11 is 0. The van der Waals surface area contributed by atoms with Gasteiger partial charge in [0.2, 0.25) is 5.82 Å². The van der Waals surface area contributed by atoms with Crippen LogP contribution >= 0.6 is 0 Å². The minimum Gasteiger partial charge on any atom is -0.465 e. The summed E-state index contributed by atoms with van der Waals surface area (Å²) < 4.78 is 4.59. The molecular weight excluding hydrogens is 300 g/mol. The van der Waals surface area contributed by atoms with E-state index in [9.17, 15) is 14.9 Å². The maximum atomic E-state index is 11.5. The zero-order chi connectivity index (χ0) is 16.4. The van der Waals surface area contributed by atoms with Crippen LogP contribution in [0.3, 0.4) is 0 Å². The summed E-state index contributed by atoms with van der Waals surface area (Å²) in [4.78, 5) is 30.8. The van der Waals surface area contributed by atoms with E-state index >= 15 is 0 Å². The lowest BCUT2D eigenvalue weighted by molar-refractivity contribution is -0.384. The molecule has 1 saturated heterocycles. The maximum absolute atomic E-state index is 11.5. The fourth-order valence-electron chi connectivity index (χ4n) is 2.86. The molecule has 2 fully saturated rings. The van der Waals surface area contributed by atoms with Crippen LogP contribution in [-0.2, 0) is 4.74 Å². The number of ether oxygens (including phenoxy) is 1. The highest BCUT2D eigenvalue weighted by Crippen LogP contribution is 2.31. The van der Waals surface area contributed by atoms with Crippen LogP contribution in [0.2, 0.25) is 0 Å². The molecule has 0 amide bonds. The Morgan fingerprint density at radius 2 is 2.09 bits per heavy atom. The van der Waals surface area contributed by atoms with Crippen LogP contribution in [0.4, 0.5) is 11.5 Å². The molecule has 0 radical (unpaired) electrons. The molecule has 0 bridgehead atoms. The topological polar surface area (TPSA) is 88.8 Å². The van der Waals surface area contributed by atoms with Crippen molar-refractivity contribution in [2.75, 3.05) is 44.7 Å². The van der Waals surface area contributed by atoms with Gasteiger partial charge in [-0.2, -0.15) is 0 Å². The minimum atomic E-state index is -0.624. The third-order valence-electron chi connectivity index (χ3n) is 4.35. The molecule has 8 nitrogen and oxygen atoms in total. The van der Waals surface area contributed by atoms with Gasteiger partial charge in [0, 0.05) is 45.0 Å². The Labute approximate surface area is 134 Å². The normalized spacial score (nSPS) is 18.7. The van der Waals surface area contributed by atoms with E-state index in [4.69, 9.17) is 0 Å². The molecular formula is C15H20N4O4. The first-order chi connectivity index (χ1) is 11.1. The van der Waals surface area contributed by atoms with E-state index in [1.54, 1.807) is 0 Å². The zero-order valence-electron chi connectivity index (χ0n) is 13.1. The zero-order valence-corrected chi connectivity index (χ0v) is 13.1. The molecule has 8 heteroatoms. The molecule has 23 heavy (non-hydrogen) atoms. The van der Waals surface area contributed by atoms with E-state index in [0.717, 1.165) is 25.6 Å². The number of piperazine rings is 1. The quantitative estimate of drug-likeness (QED) is 0.459. The van der Waals surface area contributed by atoms with Gasteiger partial charge in [0.25, 0.3) is 0 Å². The van der Waals surface area contributed by atoms with E-state index in [-0.39, 0.29) is 11.3 Å². The monoisotopic (exact) mass is 320 g/mol. The van der Waals surface area contributed by atoms with Crippen molar-refractivity contribution >= 4 is 17.5 Å². The second kappa shape index (κ2) is 6.49. The lowest BCUT2D eigenvalue weighted by Crippen LogP contribution is -2.47. The number of carbonyl (C=O) groups is 1. The number of hydrogen-bond donors (Lipinski definition) is 0. The first-order valence-corrected chi connectivity index (χ1v) is 7.78. The Morgan fingerprint density at radius 3 is 2.65 bits per heavy atom. The molecule has 1 aliphatic heterocycles. The average Bonchev–Trinajstić information content (AvgIpc) is 3.38. The third-order valence-corrected chi connectivity index (χ3v) is 4.35. The van der Waals surface area contributed by atoms with Gasteiger partial charge in [-0.05, 0) is 18.8 Å². The third kappa shape index (κ3) is 3.58. The van der Waals surface area contributed by atoms with Crippen molar-refractivity contribution < 1.29 is 14.5 Å². The predicted octanol–water partition coefficient (Wildman–Crippen LogP) is 1.31. The lowest BCUT2D eigenvalue weighted by Gasteiger charge is -2.35. The number of nitrogens with zero attached hydrogens (tertiary/aromatic N) is 4. The second-order valence-corrected chi connectivity index (χ2v) is 6.05. The number of pyridine rings is 1. The Kier molecular flexibility index (Phi) is 4.42. The highest BCUT2D eigenvalue weighted by molar-refractivity contribution is 5.90. The second-order valence-electron chi connectivity index (χ2n) is 6.05. The largest absolute Gasteiger partial charge is 0.465 e. The van der Waals surface area contributed by atoms with Crippen LogP contribution in [0.5, 0.6) is 0 Å². The number of hydrogen-bond acceptors (Lipinski definition) is 7. The fourth-order valence-corrected chi connectivity index (χ4v) is 2.86. The number of rotatable bonds is 5. The number of carbonyl (C=O) groups excluding carboxylic acids is 1. The van der Waals surface area contributed by atoms with E-state index in [1.165, 1.54) is 32.2 Å². The molecule has 3 rings (SSSR count). The van der Waals surface area contributed by atoms with Crippen molar-refractivity contribution in [1.29, 1.82) is 0 Å². The van der Waals surface area contributed by atoms with Crippen molar-refractivity contribution in [2.24, 2.45) is 5.92 Å². The summed E-state index contributed by atoms with van der Waals surface area (Å²) in [5.74, 6) is 0.545. The molecule has 1 aromatic heterocycles. The highest BCUT2D eigenvalue weighted by Gasteiger charge is 2.29. The van der Waals surface area contributed by atoms with E-state index in [0.29, 0.717) is 18.9 Å². The molecule has 1 aliphatic carbocycles. The summed E-state index contributed by atoms with van der Waals surface area (Å²) in [6, 6.07) is 1.24. The Balaban J connectivity index is 1.73. The first-order valence-electron chi connectivity index (χ1n) is 7.78. The summed E-state index contributed by atoms with van der Waals surface area (Å²) in [7, 11) is 1.24. The molecule has 1 saturated carbocycles. The maximum Gasteiger partial charge on any atom is 0.339 e.